The maximum Gasteiger partial charge on any atom is 0.416 e. The lowest BCUT2D eigenvalue weighted by atomic mass is 10.1. The smallest absolute Gasteiger partial charge is 0.368 e. The zero-order chi connectivity index (χ0) is 21.6. The summed E-state index contributed by atoms with van der Waals surface area (Å²) in [4.78, 5) is 22.8. The van der Waals surface area contributed by atoms with Gasteiger partial charge in [0.05, 0.1) is 12.1 Å². The average molecular weight is 425 g/mol. The van der Waals surface area contributed by atoms with Gasteiger partial charge in [0.25, 0.3) is 0 Å². The van der Waals surface area contributed by atoms with E-state index in [0.717, 1.165) is 38.0 Å². The Labute approximate surface area is 175 Å². The van der Waals surface area contributed by atoms with Gasteiger partial charge in [-0.05, 0) is 38.0 Å². The predicted octanol–water partition coefficient (Wildman–Crippen LogP) is 2.81. The molecule has 2 saturated heterocycles. The van der Waals surface area contributed by atoms with Crippen LogP contribution in [0.15, 0.2) is 29.3 Å². The Bertz CT molecular complexity index is 738. The summed E-state index contributed by atoms with van der Waals surface area (Å²) < 4.78 is 39.0. The summed E-state index contributed by atoms with van der Waals surface area (Å²) in [6.45, 7) is 7.36. The second-order valence-corrected chi connectivity index (χ2v) is 7.60. The standard InChI is InChI=1S/C21H30F3N5O/c1-2-25-20(26-9-8-19(30)28-10-3-4-11-28)29-14-12-27(13-15-29)18-7-5-6-17(16-18)21(22,23)24/h5-7,16H,2-4,8-15H2,1H3,(H,25,26). The van der Waals surface area contributed by atoms with Gasteiger partial charge >= 0.3 is 6.18 Å². The third-order valence-electron chi connectivity index (χ3n) is 5.50. The number of halogens is 3. The number of anilines is 1. The van der Waals surface area contributed by atoms with Crippen molar-refractivity contribution in [1.82, 2.24) is 15.1 Å². The van der Waals surface area contributed by atoms with Crippen LogP contribution < -0.4 is 10.2 Å². The van der Waals surface area contributed by atoms with Crippen LogP contribution in [0.1, 0.15) is 31.7 Å². The molecule has 0 radical (unpaired) electrons. The number of piperazine rings is 1. The van der Waals surface area contributed by atoms with Gasteiger partial charge in [0.1, 0.15) is 0 Å². The molecule has 0 aliphatic carbocycles. The molecule has 1 aromatic carbocycles. The lowest BCUT2D eigenvalue weighted by Gasteiger charge is -2.38. The number of likely N-dealkylation sites (tertiary alicyclic amines) is 1. The Hall–Kier alpha value is -2.45. The third kappa shape index (κ3) is 5.79. The van der Waals surface area contributed by atoms with Crippen LogP contribution in [0.25, 0.3) is 0 Å². The summed E-state index contributed by atoms with van der Waals surface area (Å²) in [5, 5.41) is 3.26. The van der Waals surface area contributed by atoms with Gasteiger partial charge in [-0.3, -0.25) is 9.79 Å². The van der Waals surface area contributed by atoms with Gasteiger partial charge in [0.2, 0.25) is 5.91 Å². The average Bonchev–Trinajstić information content (AvgIpc) is 3.28. The highest BCUT2D eigenvalue weighted by Gasteiger charge is 2.31. The van der Waals surface area contributed by atoms with Crippen LogP contribution in [0.3, 0.4) is 0 Å². The lowest BCUT2D eigenvalue weighted by molar-refractivity contribution is -0.137. The number of carbonyl (C=O) groups is 1. The molecule has 1 N–H and O–H groups in total. The fourth-order valence-electron chi connectivity index (χ4n) is 3.86. The second-order valence-electron chi connectivity index (χ2n) is 7.60. The number of amides is 1. The summed E-state index contributed by atoms with van der Waals surface area (Å²) in [5.41, 5.74) is -0.0392. The molecule has 166 valence electrons. The van der Waals surface area contributed by atoms with Gasteiger partial charge < -0.3 is 20.0 Å². The minimum atomic E-state index is -4.34. The fraction of sp³-hybridized carbons (Fsp3) is 0.619. The number of nitrogens with one attached hydrogen (secondary N) is 1. The van der Waals surface area contributed by atoms with Gasteiger partial charge in [0, 0.05) is 57.9 Å². The van der Waals surface area contributed by atoms with Crippen molar-refractivity contribution < 1.29 is 18.0 Å². The highest BCUT2D eigenvalue weighted by Crippen LogP contribution is 2.31. The Morgan fingerprint density at radius 1 is 1.07 bits per heavy atom. The number of hydrogen-bond acceptors (Lipinski definition) is 3. The highest BCUT2D eigenvalue weighted by atomic mass is 19.4. The van der Waals surface area contributed by atoms with Crippen molar-refractivity contribution >= 4 is 17.6 Å². The normalized spacial score (nSPS) is 18.1. The second kappa shape index (κ2) is 10.0. The van der Waals surface area contributed by atoms with Gasteiger partial charge in [-0.2, -0.15) is 13.2 Å². The Morgan fingerprint density at radius 2 is 1.77 bits per heavy atom. The number of rotatable bonds is 5. The molecule has 30 heavy (non-hydrogen) atoms. The van der Waals surface area contributed by atoms with E-state index in [0.29, 0.717) is 51.4 Å². The quantitative estimate of drug-likeness (QED) is 0.582. The summed E-state index contributed by atoms with van der Waals surface area (Å²) in [6, 6.07) is 5.47. The third-order valence-corrected chi connectivity index (χ3v) is 5.50. The largest absolute Gasteiger partial charge is 0.416 e. The molecule has 0 saturated carbocycles. The van der Waals surface area contributed by atoms with Crippen LogP contribution in [0.4, 0.5) is 18.9 Å². The molecular weight excluding hydrogens is 395 g/mol. The molecule has 0 aromatic heterocycles. The molecule has 1 amide bonds. The lowest BCUT2D eigenvalue weighted by Crippen LogP contribution is -2.52. The first-order valence-electron chi connectivity index (χ1n) is 10.6. The molecule has 0 spiro atoms. The van der Waals surface area contributed by atoms with E-state index in [9.17, 15) is 18.0 Å². The Morgan fingerprint density at radius 3 is 2.40 bits per heavy atom. The molecule has 0 bridgehead atoms. The van der Waals surface area contributed by atoms with E-state index < -0.39 is 11.7 Å². The van der Waals surface area contributed by atoms with Crippen molar-refractivity contribution in [3.05, 3.63) is 29.8 Å². The minimum Gasteiger partial charge on any atom is -0.368 e. The highest BCUT2D eigenvalue weighted by molar-refractivity contribution is 5.81. The van der Waals surface area contributed by atoms with Crippen molar-refractivity contribution in [3.8, 4) is 0 Å². The zero-order valence-corrected chi connectivity index (χ0v) is 17.4. The van der Waals surface area contributed by atoms with Crippen molar-refractivity contribution in [2.75, 3.05) is 57.3 Å². The molecule has 2 fully saturated rings. The maximum absolute atomic E-state index is 13.0. The SMILES string of the molecule is CCNC(=NCCC(=O)N1CCCC1)N1CCN(c2cccc(C(F)(F)F)c2)CC1. The number of carbonyl (C=O) groups excluding carboxylic acids is 1. The van der Waals surface area contributed by atoms with E-state index >= 15 is 0 Å². The topological polar surface area (TPSA) is 51.2 Å². The zero-order valence-electron chi connectivity index (χ0n) is 17.4. The van der Waals surface area contributed by atoms with Gasteiger partial charge in [-0.1, -0.05) is 6.07 Å². The van der Waals surface area contributed by atoms with Crippen molar-refractivity contribution in [3.63, 3.8) is 0 Å². The van der Waals surface area contributed by atoms with Crippen molar-refractivity contribution in [1.29, 1.82) is 0 Å². The van der Waals surface area contributed by atoms with Gasteiger partial charge in [-0.15, -0.1) is 0 Å². The van der Waals surface area contributed by atoms with Crippen molar-refractivity contribution in [2.24, 2.45) is 4.99 Å². The molecule has 2 aliphatic rings. The summed E-state index contributed by atoms with van der Waals surface area (Å²) in [7, 11) is 0. The number of benzene rings is 1. The number of hydrogen-bond donors (Lipinski definition) is 1. The van der Waals surface area contributed by atoms with E-state index in [1.165, 1.54) is 12.1 Å². The van der Waals surface area contributed by atoms with Crippen LogP contribution in [-0.2, 0) is 11.0 Å². The van der Waals surface area contributed by atoms with Gasteiger partial charge in [0.15, 0.2) is 5.96 Å². The number of guanidine groups is 1. The molecule has 2 aliphatic heterocycles. The fourth-order valence-corrected chi connectivity index (χ4v) is 3.86. The van der Waals surface area contributed by atoms with E-state index in [4.69, 9.17) is 0 Å². The first-order valence-corrected chi connectivity index (χ1v) is 10.6. The van der Waals surface area contributed by atoms with E-state index in [1.54, 1.807) is 6.07 Å². The molecule has 0 unspecified atom stereocenters. The predicted molar refractivity (Wildman–Crippen MR) is 112 cm³/mol. The number of nitrogens with zero attached hydrogens (tertiary/aromatic N) is 4. The van der Waals surface area contributed by atoms with Crippen LogP contribution in [0.5, 0.6) is 0 Å². The molecule has 3 rings (SSSR count). The van der Waals surface area contributed by atoms with Crippen LogP contribution in [0.2, 0.25) is 0 Å². The first kappa shape index (κ1) is 22.2. The molecular formula is C21H30F3N5O. The van der Waals surface area contributed by atoms with Gasteiger partial charge in [-0.25, -0.2) is 0 Å². The molecule has 6 nitrogen and oxygen atoms in total. The van der Waals surface area contributed by atoms with Crippen molar-refractivity contribution in [2.45, 2.75) is 32.4 Å². The molecule has 9 heteroatoms. The van der Waals surface area contributed by atoms with E-state index in [2.05, 4.69) is 15.2 Å². The van der Waals surface area contributed by atoms with Crippen LogP contribution in [0, 0.1) is 0 Å². The summed E-state index contributed by atoms with van der Waals surface area (Å²) >= 11 is 0. The molecule has 2 heterocycles. The Kier molecular flexibility index (Phi) is 7.44. The molecule has 1 aromatic rings. The van der Waals surface area contributed by atoms with E-state index in [-0.39, 0.29) is 5.91 Å². The maximum atomic E-state index is 13.0. The molecule has 0 atom stereocenters. The van der Waals surface area contributed by atoms with Crippen LogP contribution >= 0.6 is 0 Å². The number of aliphatic imine (C=N–C) groups is 1. The van der Waals surface area contributed by atoms with E-state index in [1.807, 2.05) is 16.7 Å². The summed E-state index contributed by atoms with van der Waals surface area (Å²) in [5.74, 6) is 0.914. The Balaban J connectivity index is 1.55. The number of alkyl halides is 3. The minimum absolute atomic E-state index is 0.154. The monoisotopic (exact) mass is 425 g/mol. The van der Waals surface area contributed by atoms with Crippen LogP contribution in [-0.4, -0.2) is 74.0 Å². The summed E-state index contributed by atoms with van der Waals surface area (Å²) in [6.07, 6.45) is -1.78. The first-order chi connectivity index (χ1) is 14.4.